The van der Waals surface area contributed by atoms with Crippen molar-refractivity contribution in [2.45, 2.75) is 86.2 Å². The lowest BCUT2D eigenvalue weighted by Gasteiger charge is -2.36. The first kappa shape index (κ1) is 23.7. The van der Waals surface area contributed by atoms with Crippen LogP contribution in [0.15, 0.2) is 18.2 Å². The molecule has 1 aromatic heterocycles. The molecule has 2 atom stereocenters. The van der Waals surface area contributed by atoms with E-state index < -0.39 is 0 Å². The van der Waals surface area contributed by atoms with Crippen molar-refractivity contribution in [3.63, 3.8) is 0 Å². The van der Waals surface area contributed by atoms with Gasteiger partial charge in [0.05, 0.1) is 24.0 Å². The molecule has 0 amide bonds. The first-order chi connectivity index (χ1) is 14.7. The quantitative estimate of drug-likeness (QED) is 0.565. The maximum Gasteiger partial charge on any atom is 0.128 e. The van der Waals surface area contributed by atoms with Crippen LogP contribution in [0, 0.1) is 12.7 Å². The molecular formula is C26H37FN2O2. The van der Waals surface area contributed by atoms with Crippen LogP contribution in [0.1, 0.15) is 63.9 Å². The molecule has 4 nitrogen and oxygen atoms in total. The number of morpholine rings is 1. The van der Waals surface area contributed by atoms with Crippen LogP contribution in [0.25, 0.3) is 11.3 Å². The molecule has 1 aliphatic rings. The van der Waals surface area contributed by atoms with Crippen LogP contribution in [0.2, 0.25) is 0 Å². The van der Waals surface area contributed by atoms with Crippen molar-refractivity contribution >= 4 is 0 Å². The number of pyridine rings is 1. The van der Waals surface area contributed by atoms with Crippen molar-refractivity contribution in [1.29, 1.82) is 0 Å². The summed E-state index contributed by atoms with van der Waals surface area (Å²) in [4.78, 5) is 7.42. The molecule has 0 saturated carbocycles. The third-order valence-electron chi connectivity index (χ3n) is 5.81. The lowest BCUT2D eigenvalue weighted by atomic mass is 9.93. The van der Waals surface area contributed by atoms with Gasteiger partial charge in [-0.3, -0.25) is 9.88 Å². The lowest BCUT2D eigenvalue weighted by molar-refractivity contribution is -0.0707. The third-order valence-corrected chi connectivity index (χ3v) is 5.81. The van der Waals surface area contributed by atoms with Crippen molar-refractivity contribution in [3.8, 4) is 17.0 Å². The Hall–Kier alpha value is -1.98. The molecule has 1 saturated heterocycles. The van der Waals surface area contributed by atoms with Crippen LogP contribution in [0.3, 0.4) is 0 Å². The van der Waals surface area contributed by atoms with Gasteiger partial charge in [-0.25, -0.2) is 4.39 Å². The summed E-state index contributed by atoms with van der Waals surface area (Å²) in [5, 5.41) is 0. The molecular weight excluding hydrogens is 391 g/mol. The molecule has 0 N–H and O–H groups in total. The zero-order valence-corrected chi connectivity index (χ0v) is 20.1. The molecule has 31 heavy (non-hydrogen) atoms. The second-order valence-corrected chi connectivity index (χ2v) is 8.99. The number of aromatic nitrogens is 1. The highest BCUT2D eigenvalue weighted by Gasteiger charge is 2.25. The molecule has 2 heterocycles. The average Bonchev–Trinajstić information content (AvgIpc) is 2.68. The first-order valence-corrected chi connectivity index (χ1v) is 11.6. The highest BCUT2D eigenvalue weighted by atomic mass is 19.1. The summed E-state index contributed by atoms with van der Waals surface area (Å²) in [6, 6.07) is 5.33. The average molecular weight is 429 g/mol. The SMILES string of the molecule is CCc1cc(F)cc(CC)c1-c1cc(OC(C)C)c(CN2C[C@@H](C)O[C@H](C)C2)c(C)n1. The molecule has 2 aromatic rings. The number of hydrogen-bond donors (Lipinski definition) is 0. The Kier molecular flexibility index (Phi) is 7.71. The van der Waals surface area contributed by atoms with Gasteiger partial charge in [0.2, 0.25) is 0 Å². The minimum atomic E-state index is -0.181. The Labute approximate surface area is 186 Å². The molecule has 0 radical (unpaired) electrons. The van der Waals surface area contributed by atoms with Gasteiger partial charge in [0.15, 0.2) is 0 Å². The van der Waals surface area contributed by atoms with Gasteiger partial charge in [-0.1, -0.05) is 13.8 Å². The summed E-state index contributed by atoms with van der Waals surface area (Å²) in [6.45, 7) is 17.1. The molecule has 1 fully saturated rings. The van der Waals surface area contributed by atoms with Gasteiger partial charge < -0.3 is 9.47 Å². The van der Waals surface area contributed by atoms with E-state index in [0.29, 0.717) is 0 Å². The molecule has 0 aliphatic carbocycles. The molecule has 0 spiro atoms. The van der Waals surface area contributed by atoms with Crippen LogP contribution in [0.5, 0.6) is 5.75 Å². The second kappa shape index (κ2) is 10.1. The largest absolute Gasteiger partial charge is 0.491 e. The van der Waals surface area contributed by atoms with E-state index in [-0.39, 0.29) is 24.1 Å². The van der Waals surface area contributed by atoms with Gasteiger partial charge in [-0.05, 0) is 70.7 Å². The highest BCUT2D eigenvalue weighted by molar-refractivity contribution is 5.70. The zero-order chi connectivity index (χ0) is 22.7. The predicted molar refractivity (Wildman–Crippen MR) is 124 cm³/mol. The molecule has 170 valence electrons. The first-order valence-electron chi connectivity index (χ1n) is 11.6. The van der Waals surface area contributed by atoms with E-state index in [1.54, 1.807) is 12.1 Å². The van der Waals surface area contributed by atoms with Crippen molar-refractivity contribution in [2.24, 2.45) is 0 Å². The predicted octanol–water partition coefficient (Wildman–Crippen LogP) is 5.72. The van der Waals surface area contributed by atoms with Crippen molar-refractivity contribution in [2.75, 3.05) is 13.1 Å². The van der Waals surface area contributed by atoms with E-state index in [1.165, 1.54) is 0 Å². The fraction of sp³-hybridized carbons (Fsp3) is 0.577. The van der Waals surface area contributed by atoms with Gasteiger partial charge in [0.25, 0.3) is 0 Å². The van der Waals surface area contributed by atoms with Crippen molar-refractivity contribution in [3.05, 3.63) is 46.4 Å². The van der Waals surface area contributed by atoms with Crippen LogP contribution in [-0.2, 0) is 24.1 Å². The summed E-state index contributed by atoms with van der Waals surface area (Å²) < 4.78 is 26.3. The fourth-order valence-electron chi connectivity index (χ4n) is 4.60. The van der Waals surface area contributed by atoms with Gasteiger partial charge in [0, 0.05) is 42.5 Å². The third kappa shape index (κ3) is 5.64. The number of benzene rings is 1. The van der Waals surface area contributed by atoms with Crippen LogP contribution in [-0.4, -0.2) is 41.3 Å². The molecule has 3 rings (SSSR count). The molecule has 0 unspecified atom stereocenters. The zero-order valence-electron chi connectivity index (χ0n) is 20.1. The van der Waals surface area contributed by atoms with Gasteiger partial charge >= 0.3 is 0 Å². The van der Waals surface area contributed by atoms with E-state index in [2.05, 4.69) is 45.6 Å². The lowest BCUT2D eigenvalue weighted by Crippen LogP contribution is -2.45. The maximum absolute atomic E-state index is 14.2. The van der Waals surface area contributed by atoms with Crippen LogP contribution >= 0.6 is 0 Å². The minimum absolute atomic E-state index is 0.0560. The monoisotopic (exact) mass is 428 g/mol. The summed E-state index contributed by atoms with van der Waals surface area (Å²) in [7, 11) is 0. The number of ether oxygens (including phenoxy) is 2. The van der Waals surface area contributed by atoms with E-state index in [9.17, 15) is 4.39 Å². The molecule has 0 bridgehead atoms. The second-order valence-electron chi connectivity index (χ2n) is 8.99. The summed E-state index contributed by atoms with van der Waals surface area (Å²) in [5.74, 6) is 0.692. The van der Waals surface area contributed by atoms with Crippen LogP contribution in [0.4, 0.5) is 4.39 Å². The van der Waals surface area contributed by atoms with E-state index in [0.717, 1.165) is 71.9 Å². The van der Waals surface area contributed by atoms with Gasteiger partial charge in [-0.15, -0.1) is 0 Å². The highest BCUT2D eigenvalue weighted by Crippen LogP contribution is 2.34. The number of halogens is 1. The Morgan fingerprint density at radius 3 is 2.19 bits per heavy atom. The summed E-state index contributed by atoms with van der Waals surface area (Å²) in [6.07, 6.45) is 1.99. The fourth-order valence-corrected chi connectivity index (χ4v) is 4.60. The number of rotatable bonds is 7. The number of aryl methyl sites for hydroxylation is 3. The minimum Gasteiger partial charge on any atom is -0.491 e. The molecule has 5 heteroatoms. The summed E-state index contributed by atoms with van der Waals surface area (Å²) >= 11 is 0. The molecule has 1 aliphatic heterocycles. The smallest absolute Gasteiger partial charge is 0.128 e. The van der Waals surface area contributed by atoms with E-state index >= 15 is 0 Å². The Morgan fingerprint density at radius 2 is 1.68 bits per heavy atom. The number of nitrogens with zero attached hydrogens (tertiary/aromatic N) is 2. The normalized spacial score (nSPS) is 19.8. The topological polar surface area (TPSA) is 34.6 Å². The summed E-state index contributed by atoms with van der Waals surface area (Å²) in [5.41, 5.74) is 5.98. The van der Waals surface area contributed by atoms with Crippen molar-refractivity contribution in [1.82, 2.24) is 9.88 Å². The Balaban J connectivity index is 2.07. The Bertz CT molecular complexity index is 878. The maximum atomic E-state index is 14.2. The molecule has 1 aromatic carbocycles. The van der Waals surface area contributed by atoms with Gasteiger partial charge in [-0.2, -0.15) is 0 Å². The van der Waals surface area contributed by atoms with E-state index in [4.69, 9.17) is 14.5 Å². The van der Waals surface area contributed by atoms with Crippen LogP contribution < -0.4 is 4.74 Å². The van der Waals surface area contributed by atoms with E-state index in [1.807, 2.05) is 13.8 Å². The standard InChI is InChI=1S/C26H37FN2O2/c1-8-20-10-22(27)11-21(9-2)26(20)24-12-25(30-16(3)4)23(19(7)28-24)15-29-13-17(5)31-18(6)14-29/h10-12,16-18H,8-9,13-15H2,1-7H3/t17-,18-/m1/s1. The number of hydrogen-bond acceptors (Lipinski definition) is 4. The Morgan fingerprint density at radius 1 is 1.10 bits per heavy atom. The van der Waals surface area contributed by atoms with Gasteiger partial charge in [0.1, 0.15) is 11.6 Å². The van der Waals surface area contributed by atoms with Crippen molar-refractivity contribution < 1.29 is 13.9 Å².